The van der Waals surface area contributed by atoms with Crippen LogP contribution in [0.25, 0.3) is 11.5 Å². The molecule has 0 bridgehead atoms. The van der Waals surface area contributed by atoms with Crippen LogP contribution in [0.4, 0.5) is 0 Å². The Morgan fingerprint density at radius 1 is 1.41 bits per heavy atom. The highest BCUT2D eigenvalue weighted by atomic mass is 79.9. The molecule has 0 saturated heterocycles. The van der Waals surface area contributed by atoms with E-state index in [-0.39, 0.29) is 0 Å². The summed E-state index contributed by atoms with van der Waals surface area (Å²) in [6.45, 7) is 4.78. The normalized spacial score (nSPS) is 11.1. The van der Waals surface area contributed by atoms with Gasteiger partial charge in [-0.15, -0.1) is 0 Å². The molecule has 0 unspecified atom stereocenters. The highest BCUT2D eigenvalue weighted by molar-refractivity contribution is 9.10. The van der Waals surface area contributed by atoms with E-state index in [2.05, 4.69) is 45.2 Å². The Labute approximate surface area is 109 Å². The van der Waals surface area contributed by atoms with Gasteiger partial charge in [0.15, 0.2) is 5.82 Å². The number of rotatable bonds is 4. The molecule has 1 aromatic carbocycles. The molecule has 0 saturated carbocycles. The molecule has 1 aromatic heterocycles. The van der Waals surface area contributed by atoms with Gasteiger partial charge >= 0.3 is 0 Å². The Kier molecular flexibility index (Phi) is 3.91. The predicted molar refractivity (Wildman–Crippen MR) is 69.4 cm³/mol. The summed E-state index contributed by atoms with van der Waals surface area (Å²) in [6, 6.07) is 8.20. The molecule has 0 fully saturated rings. The zero-order valence-corrected chi connectivity index (χ0v) is 11.4. The van der Waals surface area contributed by atoms with Crippen molar-refractivity contribution in [2.24, 2.45) is 0 Å². The lowest BCUT2D eigenvalue weighted by molar-refractivity contribution is 0.417. The second-order valence-electron chi connectivity index (χ2n) is 4.06. The number of aromatic nitrogens is 2. The molecule has 17 heavy (non-hydrogen) atoms. The van der Waals surface area contributed by atoms with Crippen LogP contribution >= 0.6 is 15.9 Å². The van der Waals surface area contributed by atoms with Crippen LogP contribution in [0.2, 0.25) is 0 Å². The fourth-order valence-electron chi connectivity index (χ4n) is 1.36. The first kappa shape index (κ1) is 12.3. The van der Waals surface area contributed by atoms with E-state index in [1.165, 1.54) is 0 Å². The minimum Gasteiger partial charge on any atom is -0.334 e. The molecule has 1 N–H and O–H groups in total. The maximum absolute atomic E-state index is 5.22. The average molecular weight is 296 g/mol. The Balaban J connectivity index is 2.12. The Morgan fingerprint density at radius 3 is 2.94 bits per heavy atom. The lowest BCUT2D eigenvalue weighted by Gasteiger charge is -2.03. The fraction of sp³-hybridized carbons (Fsp3) is 0.333. The van der Waals surface area contributed by atoms with Crippen molar-refractivity contribution in [3.63, 3.8) is 0 Å². The number of benzene rings is 1. The third-order valence-electron chi connectivity index (χ3n) is 2.21. The van der Waals surface area contributed by atoms with Crippen LogP contribution in [0.3, 0.4) is 0 Å². The van der Waals surface area contributed by atoms with E-state index in [0.717, 1.165) is 10.0 Å². The lowest BCUT2D eigenvalue weighted by Crippen LogP contribution is -2.22. The molecule has 1 heterocycles. The van der Waals surface area contributed by atoms with E-state index >= 15 is 0 Å². The minimum atomic E-state index is 0.405. The van der Waals surface area contributed by atoms with E-state index in [1.807, 2.05) is 24.3 Å². The van der Waals surface area contributed by atoms with Crippen molar-refractivity contribution >= 4 is 15.9 Å². The summed E-state index contributed by atoms with van der Waals surface area (Å²) in [4.78, 5) is 4.33. The largest absolute Gasteiger partial charge is 0.334 e. The van der Waals surface area contributed by atoms with Crippen LogP contribution in [-0.4, -0.2) is 16.2 Å². The minimum absolute atomic E-state index is 0.405. The second kappa shape index (κ2) is 5.42. The van der Waals surface area contributed by atoms with Crippen LogP contribution in [0.1, 0.15) is 19.7 Å². The van der Waals surface area contributed by atoms with Crippen molar-refractivity contribution < 1.29 is 4.52 Å². The molecular weight excluding hydrogens is 282 g/mol. The van der Waals surface area contributed by atoms with Crippen LogP contribution in [0.5, 0.6) is 0 Å². The zero-order valence-electron chi connectivity index (χ0n) is 9.77. The molecule has 0 radical (unpaired) electrons. The average Bonchev–Trinajstić information content (AvgIpc) is 2.75. The second-order valence-corrected chi connectivity index (χ2v) is 4.98. The van der Waals surface area contributed by atoms with Gasteiger partial charge in [0.05, 0.1) is 6.54 Å². The first-order valence-electron chi connectivity index (χ1n) is 5.47. The molecule has 2 rings (SSSR count). The molecule has 2 aromatic rings. The summed E-state index contributed by atoms with van der Waals surface area (Å²) in [7, 11) is 0. The van der Waals surface area contributed by atoms with Gasteiger partial charge in [-0.3, -0.25) is 0 Å². The lowest BCUT2D eigenvalue weighted by atomic mass is 10.2. The highest BCUT2D eigenvalue weighted by Crippen LogP contribution is 2.21. The van der Waals surface area contributed by atoms with Gasteiger partial charge in [0.25, 0.3) is 5.89 Å². The van der Waals surface area contributed by atoms with Gasteiger partial charge in [-0.25, -0.2) is 0 Å². The number of halogens is 1. The summed E-state index contributed by atoms with van der Waals surface area (Å²) >= 11 is 3.41. The van der Waals surface area contributed by atoms with Crippen LogP contribution in [-0.2, 0) is 6.54 Å². The topological polar surface area (TPSA) is 51.0 Å². The third-order valence-corrected chi connectivity index (χ3v) is 2.70. The maximum Gasteiger partial charge on any atom is 0.258 e. The van der Waals surface area contributed by atoms with Crippen molar-refractivity contribution in [3.05, 3.63) is 34.6 Å². The van der Waals surface area contributed by atoms with E-state index in [0.29, 0.717) is 24.3 Å². The number of hydrogen-bond acceptors (Lipinski definition) is 4. The Hall–Kier alpha value is -1.20. The van der Waals surface area contributed by atoms with Crippen molar-refractivity contribution in [1.29, 1.82) is 0 Å². The summed E-state index contributed by atoms with van der Waals surface area (Å²) < 4.78 is 6.21. The smallest absolute Gasteiger partial charge is 0.258 e. The summed E-state index contributed by atoms with van der Waals surface area (Å²) in [5.41, 5.74) is 0.919. The van der Waals surface area contributed by atoms with Crippen LogP contribution < -0.4 is 5.32 Å². The van der Waals surface area contributed by atoms with Crippen LogP contribution in [0, 0.1) is 0 Å². The maximum atomic E-state index is 5.22. The quantitative estimate of drug-likeness (QED) is 0.942. The van der Waals surface area contributed by atoms with Crippen molar-refractivity contribution in [3.8, 4) is 11.5 Å². The molecule has 4 nitrogen and oxygen atoms in total. The van der Waals surface area contributed by atoms with E-state index in [1.54, 1.807) is 0 Å². The van der Waals surface area contributed by atoms with Gasteiger partial charge < -0.3 is 9.84 Å². The highest BCUT2D eigenvalue weighted by Gasteiger charge is 2.08. The molecule has 0 aliphatic heterocycles. The predicted octanol–water partition coefficient (Wildman–Crippen LogP) is 3.00. The number of nitrogens with zero attached hydrogens (tertiary/aromatic N) is 2. The van der Waals surface area contributed by atoms with Crippen molar-refractivity contribution in [2.45, 2.75) is 26.4 Å². The fourth-order valence-corrected chi connectivity index (χ4v) is 1.76. The van der Waals surface area contributed by atoms with Gasteiger partial charge in [-0.2, -0.15) is 4.98 Å². The zero-order chi connectivity index (χ0) is 12.3. The van der Waals surface area contributed by atoms with E-state index in [9.17, 15) is 0 Å². The molecular formula is C12H14BrN3O. The van der Waals surface area contributed by atoms with Gasteiger partial charge in [-0.05, 0) is 18.2 Å². The summed E-state index contributed by atoms with van der Waals surface area (Å²) in [5.74, 6) is 1.22. The first-order chi connectivity index (χ1) is 8.15. The summed E-state index contributed by atoms with van der Waals surface area (Å²) in [6.07, 6.45) is 0. The molecule has 0 amide bonds. The van der Waals surface area contributed by atoms with Gasteiger partial charge in [0.1, 0.15) is 0 Å². The summed E-state index contributed by atoms with van der Waals surface area (Å²) in [5, 5.41) is 7.17. The molecule has 90 valence electrons. The Morgan fingerprint density at radius 2 is 2.24 bits per heavy atom. The monoisotopic (exact) mass is 295 g/mol. The SMILES string of the molecule is CC(C)NCc1noc(-c2cccc(Br)c2)n1. The molecule has 5 heteroatoms. The van der Waals surface area contributed by atoms with E-state index < -0.39 is 0 Å². The molecule has 0 aliphatic rings. The standard InChI is InChI=1S/C12H14BrN3O/c1-8(2)14-7-11-15-12(17-16-11)9-4-3-5-10(13)6-9/h3-6,8,14H,7H2,1-2H3. The number of nitrogens with one attached hydrogen (secondary N) is 1. The van der Waals surface area contributed by atoms with Crippen LogP contribution in [0.15, 0.2) is 33.3 Å². The van der Waals surface area contributed by atoms with Crippen molar-refractivity contribution in [1.82, 2.24) is 15.5 Å². The third kappa shape index (κ3) is 3.38. The van der Waals surface area contributed by atoms with Gasteiger partial charge in [-0.1, -0.05) is 41.0 Å². The first-order valence-corrected chi connectivity index (χ1v) is 6.26. The van der Waals surface area contributed by atoms with Gasteiger partial charge in [0, 0.05) is 16.1 Å². The molecule has 0 atom stereocenters. The molecule has 0 spiro atoms. The van der Waals surface area contributed by atoms with Crippen molar-refractivity contribution in [2.75, 3.05) is 0 Å². The Bertz CT molecular complexity index is 496. The number of hydrogen-bond donors (Lipinski definition) is 1. The van der Waals surface area contributed by atoms with E-state index in [4.69, 9.17) is 4.52 Å². The van der Waals surface area contributed by atoms with Gasteiger partial charge in [0.2, 0.25) is 0 Å². The molecule has 0 aliphatic carbocycles.